The number of ether oxygens (including phenoxy) is 4. The van der Waals surface area contributed by atoms with Crippen molar-refractivity contribution in [2.75, 3.05) is 38.4 Å². The lowest BCUT2D eigenvalue weighted by molar-refractivity contribution is -0.120. The first-order valence-electron chi connectivity index (χ1n) is 9.58. The molecule has 0 saturated carbocycles. The van der Waals surface area contributed by atoms with Crippen molar-refractivity contribution in [2.24, 2.45) is 0 Å². The van der Waals surface area contributed by atoms with E-state index >= 15 is 0 Å². The van der Waals surface area contributed by atoms with Gasteiger partial charge in [-0.15, -0.1) is 0 Å². The molecule has 0 heterocycles. The molecule has 2 aromatic rings. The highest BCUT2D eigenvalue weighted by Crippen LogP contribution is 2.17. The van der Waals surface area contributed by atoms with Crippen LogP contribution in [0.15, 0.2) is 48.5 Å². The molecular formula is C22H25NO7. The summed E-state index contributed by atoms with van der Waals surface area (Å²) in [6.07, 6.45) is 0. The fourth-order valence-corrected chi connectivity index (χ4v) is 2.46. The fraction of sp³-hybridized carbons (Fsp3) is 0.318. The number of nitrogens with one attached hydrogen (secondary N) is 1. The average molecular weight is 415 g/mol. The molecule has 1 amide bonds. The van der Waals surface area contributed by atoms with Crippen LogP contribution < -0.4 is 10.1 Å². The topological polar surface area (TPSA) is 100 Å². The van der Waals surface area contributed by atoms with Gasteiger partial charge in [0.1, 0.15) is 19.0 Å². The summed E-state index contributed by atoms with van der Waals surface area (Å²) in [4.78, 5) is 36.3. The molecule has 0 spiro atoms. The Morgan fingerprint density at radius 2 is 1.43 bits per heavy atom. The number of hydrogen-bond acceptors (Lipinski definition) is 7. The molecule has 2 rings (SSSR count). The predicted octanol–water partition coefficient (Wildman–Crippen LogP) is 3.07. The summed E-state index contributed by atoms with van der Waals surface area (Å²) in [5.74, 6) is -0.930. The number of carbonyl (C=O) groups excluding carboxylic acids is 3. The molecule has 0 fully saturated rings. The minimum atomic E-state index is -0.603. The second-order valence-corrected chi connectivity index (χ2v) is 6.00. The van der Waals surface area contributed by atoms with Gasteiger partial charge in [0.2, 0.25) is 5.91 Å². The van der Waals surface area contributed by atoms with Gasteiger partial charge in [0.05, 0.1) is 30.9 Å². The molecular weight excluding hydrogens is 390 g/mol. The molecule has 8 heteroatoms. The highest BCUT2D eigenvalue weighted by Gasteiger charge is 2.16. The zero-order valence-electron chi connectivity index (χ0n) is 17.0. The summed E-state index contributed by atoms with van der Waals surface area (Å²) in [7, 11) is 0. The molecule has 30 heavy (non-hydrogen) atoms. The Morgan fingerprint density at radius 1 is 0.833 bits per heavy atom. The molecule has 0 aliphatic carbocycles. The van der Waals surface area contributed by atoms with Crippen molar-refractivity contribution in [1.29, 1.82) is 0 Å². The molecule has 0 aliphatic heterocycles. The number of benzene rings is 2. The van der Waals surface area contributed by atoms with Crippen LogP contribution in [0.5, 0.6) is 5.75 Å². The van der Waals surface area contributed by atoms with Gasteiger partial charge in [0.25, 0.3) is 0 Å². The summed E-state index contributed by atoms with van der Waals surface area (Å²) in [6, 6.07) is 13.5. The van der Waals surface area contributed by atoms with Crippen molar-refractivity contribution < 1.29 is 33.3 Å². The third-order valence-corrected chi connectivity index (χ3v) is 3.71. The number of hydrogen-bond donors (Lipinski definition) is 1. The molecule has 0 radical (unpaired) electrons. The Bertz CT molecular complexity index is 816. The van der Waals surface area contributed by atoms with E-state index in [0.717, 1.165) is 0 Å². The van der Waals surface area contributed by atoms with Gasteiger partial charge in [0, 0.05) is 5.69 Å². The Labute approximate surface area is 175 Å². The van der Waals surface area contributed by atoms with E-state index in [2.05, 4.69) is 5.32 Å². The molecule has 160 valence electrons. The summed E-state index contributed by atoms with van der Waals surface area (Å²) >= 11 is 0. The van der Waals surface area contributed by atoms with Gasteiger partial charge >= 0.3 is 11.9 Å². The first-order chi connectivity index (χ1) is 14.5. The second-order valence-electron chi connectivity index (χ2n) is 6.00. The average Bonchev–Trinajstić information content (AvgIpc) is 2.74. The molecule has 0 aliphatic rings. The van der Waals surface area contributed by atoms with Gasteiger partial charge in [0.15, 0.2) is 0 Å². The number of amides is 1. The highest BCUT2D eigenvalue weighted by molar-refractivity contribution is 5.99. The Balaban J connectivity index is 1.91. The van der Waals surface area contributed by atoms with Gasteiger partial charge < -0.3 is 24.3 Å². The zero-order chi connectivity index (χ0) is 21.8. The molecule has 0 bridgehead atoms. The van der Waals surface area contributed by atoms with Crippen LogP contribution in [-0.2, 0) is 19.0 Å². The van der Waals surface area contributed by atoms with Crippen molar-refractivity contribution in [2.45, 2.75) is 13.8 Å². The van der Waals surface area contributed by atoms with Crippen LogP contribution in [0.2, 0.25) is 0 Å². The van der Waals surface area contributed by atoms with E-state index in [4.69, 9.17) is 18.9 Å². The van der Waals surface area contributed by atoms with Crippen LogP contribution in [0.3, 0.4) is 0 Å². The largest absolute Gasteiger partial charge is 0.491 e. The lowest BCUT2D eigenvalue weighted by Gasteiger charge is -2.11. The number of anilines is 1. The number of para-hydroxylation sites is 1. The van der Waals surface area contributed by atoms with Crippen molar-refractivity contribution >= 4 is 23.5 Å². The van der Waals surface area contributed by atoms with Crippen molar-refractivity contribution in [3.63, 3.8) is 0 Å². The van der Waals surface area contributed by atoms with E-state index in [9.17, 15) is 14.4 Å². The maximum Gasteiger partial charge on any atom is 0.338 e. The van der Waals surface area contributed by atoms with Gasteiger partial charge in [-0.1, -0.05) is 18.2 Å². The monoisotopic (exact) mass is 415 g/mol. The molecule has 8 nitrogen and oxygen atoms in total. The summed E-state index contributed by atoms with van der Waals surface area (Å²) in [5, 5.41) is 2.60. The number of carbonyl (C=O) groups is 3. The van der Waals surface area contributed by atoms with E-state index in [1.807, 2.05) is 30.3 Å². The van der Waals surface area contributed by atoms with Crippen LogP contribution >= 0.6 is 0 Å². The van der Waals surface area contributed by atoms with E-state index in [-0.39, 0.29) is 43.2 Å². The molecule has 0 unspecified atom stereocenters. The van der Waals surface area contributed by atoms with E-state index in [1.54, 1.807) is 13.8 Å². The van der Waals surface area contributed by atoms with E-state index < -0.39 is 17.8 Å². The third-order valence-electron chi connectivity index (χ3n) is 3.71. The minimum Gasteiger partial charge on any atom is -0.491 e. The molecule has 0 saturated heterocycles. The lowest BCUT2D eigenvalue weighted by atomic mass is 10.1. The summed E-state index contributed by atoms with van der Waals surface area (Å²) in [6.45, 7) is 4.02. The normalized spacial score (nSPS) is 10.2. The smallest absolute Gasteiger partial charge is 0.338 e. The third kappa shape index (κ3) is 7.56. The standard InChI is InChI=1S/C22H25NO7/c1-3-28-21(25)16-12-17(22(26)29-4-2)14-18(13-16)23-20(24)15-27-10-11-30-19-8-6-5-7-9-19/h5-9,12-14H,3-4,10-11,15H2,1-2H3,(H,23,24). The molecule has 2 aromatic carbocycles. The summed E-state index contributed by atoms with van der Waals surface area (Å²) < 4.78 is 20.7. The van der Waals surface area contributed by atoms with E-state index in [0.29, 0.717) is 12.4 Å². The molecule has 0 aromatic heterocycles. The van der Waals surface area contributed by atoms with Crippen LogP contribution in [0.25, 0.3) is 0 Å². The lowest BCUT2D eigenvalue weighted by Crippen LogP contribution is -2.21. The first-order valence-corrected chi connectivity index (χ1v) is 9.58. The van der Waals surface area contributed by atoms with Gasteiger partial charge in [-0.2, -0.15) is 0 Å². The Morgan fingerprint density at radius 3 is 2.00 bits per heavy atom. The Hall–Kier alpha value is -3.39. The fourth-order valence-electron chi connectivity index (χ4n) is 2.46. The van der Waals surface area contributed by atoms with Crippen LogP contribution in [0.4, 0.5) is 5.69 Å². The first kappa shape index (κ1) is 22.9. The van der Waals surface area contributed by atoms with Gasteiger partial charge in [-0.05, 0) is 44.2 Å². The SMILES string of the molecule is CCOC(=O)c1cc(NC(=O)COCCOc2ccccc2)cc(C(=O)OCC)c1. The summed E-state index contributed by atoms with van der Waals surface area (Å²) in [5.41, 5.74) is 0.530. The van der Waals surface area contributed by atoms with Crippen LogP contribution in [0, 0.1) is 0 Å². The zero-order valence-corrected chi connectivity index (χ0v) is 17.0. The highest BCUT2D eigenvalue weighted by atomic mass is 16.5. The maximum absolute atomic E-state index is 12.2. The van der Waals surface area contributed by atoms with E-state index in [1.165, 1.54) is 18.2 Å². The van der Waals surface area contributed by atoms with Crippen LogP contribution in [0.1, 0.15) is 34.6 Å². The quantitative estimate of drug-likeness (QED) is 0.445. The molecule has 0 atom stereocenters. The van der Waals surface area contributed by atoms with Crippen LogP contribution in [-0.4, -0.2) is 50.9 Å². The second kappa shape index (κ2) is 12.2. The maximum atomic E-state index is 12.2. The number of esters is 2. The van der Waals surface area contributed by atoms with Crippen molar-refractivity contribution in [3.8, 4) is 5.75 Å². The minimum absolute atomic E-state index is 0.134. The molecule has 1 N–H and O–H groups in total. The van der Waals surface area contributed by atoms with Crippen molar-refractivity contribution in [1.82, 2.24) is 0 Å². The predicted molar refractivity (Wildman–Crippen MR) is 110 cm³/mol. The van der Waals surface area contributed by atoms with Crippen molar-refractivity contribution in [3.05, 3.63) is 59.7 Å². The van der Waals surface area contributed by atoms with Gasteiger partial charge in [-0.25, -0.2) is 9.59 Å². The van der Waals surface area contributed by atoms with Gasteiger partial charge in [-0.3, -0.25) is 4.79 Å². The number of rotatable bonds is 11. The Kier molecular flexibility index (Phi) is 9.33.